The van der Waals surface area contributed by atoms with Gasteiger partial charge < -0.3 is 19.5 Å². The smallest absolute Gasteiger partial charge is 0.395 e. The Kier molecular flexibility index (Phi) is 3.21. The molecular weight excluding hydrogens is 272 g/mol. The van der Waals surface area contributed by atoms with Crippen LogP contribution in [0.4, 0.5) is 14.5 Å². The maximum Gasteiger partial charge on any atom is 0.586 e. The molecule has 2 aliphatic heterocycles. The number of hydrogen-bond acceptors (Lipinski definition) is 4. The van der Waals surface area contributed by atoms with Crippen LogP contribution in [0.25, 0.3) is 0 Å². The normalized spacial score (nSPS) is 20.7. The van der Waals surface area contributed by atoms with E-state index in [0.29, 0.717) is 31.7 Å². The molecule has 1 fully saturated rings. The number of benzene rings is 1. The zero-order valence-electron chi connectivity index (χ0n) is 10.5. The molecule has 1 aromatic rings. The minimum absolute atomic E-state index is 0.0425. The minimum Gasteiger partial charge on any atom is -0.395 e. The highest BCUT2D eigenvalue weighted by Crippen LogP contribution is 2.42. The van der Waals surface area contributed by atoms with Crippen LogP contribution in [0.1, 0.15) is 12.8 Å². The van der Waals surface area contributed by atoms with Gasteiger partial charge in [0.05, 0.1) is 0 Å². The summed E-state index contributed by atoms with van der Waals surface area (Å²) in [5.41, 5.74) is 0.404. The van der Waals surface area contributed by atoms with Crippen LogP contribution in [0.2, 0.25) is 0 Å². The van der Waals surface area contributed by atoms with Gasteiger partial charge in [-0.05, 0) is 25.0 Å². The molecule has 0 spiro atoms. The van der Waals surface area contributed by atoms with Gasteiger partial charge in [0.1, 0.15) is 0 Å². The molecular formula is C13H13F2NO4. The average molecular weight is 285 g/mol. The summed E-state index contributed by atoms with van der Waals surface area (Å²) in [6, 6.07) is 4.17. The minimum atomic E-state index is -3.65. The Morgan fingerprint density at radius 2 is 1.90 bits per heavy atom. The summed E-state index contributed by atoms with van der Waals surface area (Å²) < 4.78 is 39.6. The Hall–Kier alpha value is -1.89. The second-order valence-corrected chi connectivity index (χ2v) is 4.70. The summed E-state index contributed by atoms with van der Waals surface area (Å²) >= 11 is 0. The van der Waals surface area contributed by atoms with Gasteiger partial charge >= 0.3 is 6.29 Å². The predicted molar refractivity (Wildman–Crippen MR) is 64.8 cm³/mol. The van der Waals surface area contributed by atoms with E-state index in [9.17, 15) is 13.6 Å². The number of rotatable bonds is 2. The van der Waals surface area contributed by atoms with Gasteiger partial charge in [-0.25, -0.2) is 0 Å². The number of alkyl halides is 2. The van der Waals surface area contributed by atoms with E-state index >= 15 is 0 Å². The fourth-order valence-corrected chi connectivity index (χ4v) is 2.23. The molecule has 1 aromatic carbocycles. The van der Waals surface area contributed by atoms with Gasteiger partial charge in [-0.1, -0.05) is 0 Å². The zero-order valence-corrected chi connectivity index (χ0v) is 10.5. The molecule has 5 nitrogen and oxygen atoms in total. The number of hydrogen-bond donors (Lipinski definition) is 1. The van der Waals surface area contributed by atoms with Gasteiger partial charge in [-0.3, -0.25) is 4.79 Å². The first-order valence-corrected chi connectivity index (χ1v) is 6.32. The largest absolute Gasteiger partial charge is 0.586 e. The van der Waals surface area contributed by atoms with E-state index in [1.165, 1.54) is 18.2 Å². The van der Waals surface area contributed by atoms with Crippen LogP contribution < -0.4 is 14.8 Å². The van der Waals surface area contributed by atoms with Gasteiger partial charge in [0.2, 0.25) is 5.91 Å². The van der Waals surface area contributed by atoms with Crippen LogP contribution in [0.3, 0.4) is 0 Å². The van der Waals surface area contributed by atoms with E-state index in [0.717, 1.165) is 0 Å². The first kappa shape index (κ1) is 13.1. The van der Waals surface area contributed by atoms with Gasteiger partial charge in [-0.2, -0.15) is 0 Å². The van der Waals surface area contributed by atoms with Crippen LogP contribution in [0, 0.1) is 5.92 Å². The summed E-state index contributed by atoms with van der Waals surface area (Å²) in [6.07, 6.45) is -2.32. The molecule has 2 heterocycles. The summed E-state index contributed by atoms with van der Waals surface area (Å²) in [5.74, 6) is -0.381. The molecule has 1 N–H and O–H groups in total. The SMILES string of the molecule is O=C(Nc1ccc2c(c1)OC(F)(F)O2)C1CCOCC1. The molecule has 0 radical (unpaired) electrons. The lowest BCUT2D eigenvalue weighted by molar-refractivity contribution is -0.286. The molecule has 7 heteroatoms. The number of nitrogens with one attached hydrogen (secondary N) is 1. The van der Waals surface area contributed by atoms with E-state index < -0.39 is 6.29 Å². The first-order chi connectivity index (χ1) is 9.53. The Morgan fingerprint density at radius 1 is 1.20 bits per heavy atom. The van der Waals surface area contributed by atoms with Crippen molar-refractivity contribution in [2.45, 2.75) is 19.1 Å². The van der Waals surface area contributed by atoms with Crippen molar-refractivity contribution in [3.8, 4) is 11.5 Å². The lowest BCUT2D eigenvalue weighted by atomic mass is 9.99. The van der Waals surface area contributed by atoms with Crippen LogP contribution in [-0.4, -0.2) is 25.4 Å². The molecule has 3 rings (SSSR count). The van der Waals surface area contributed by atoms with Crippen molar-refractivity contribution >= 4 is 11.6 Å². The van der Waals surface area contributed by atoms with Crippen molar-refractivity contribution in [1.82, 2.24) is 0 Å². The molecule has 0 aromatic heterocycles. The van der Waals surface area contributed by atoms with Crippen molar-refractivity contribution in [3.63, 3.8) is 0 Å². The predicted octanol–water partition coefficient (Wildman–Crippen LogP) is 2.37. The molecule has 1 saturated heterocycles. The van der Waals surface area contributed by atoms with Crippen molar-refractivity contribution < 1.29 is 27.8 Å². The number of anilines is 1. The average Bonchev–Trinajstić information content (AvgIpc) is 2.73. The quantitative estimate of drug-likeness (QED) is 0.906. The van der Waals surface area contributed by atoms with Gasteiger partial charge in [0.25, 0.3) is 0 Å². The second-order valence-electron chi connectivity index (χ2n) is 4.70. The lowest BCUT2D eigenvalue weighted by Crippen LogP contribution is -2.28. The number of fused-ring (bicyclic) bond motifs is 1. The molecule has 2 aliphatic rings. The molecule has 108 valence electrons. The molecule has 0 aliphatic carbocycles. The number of carbonyl (C=O) groups excluding carboxylic acids is 1. The summed E-state index contributed by atoms with van der Waals surface area (Å²) in [5, 5.41) is 2.69. The van der Waals surface area contributed by atoms with Gasteiger partial charge in [0.15, 0.2) is 11.5 Å². The van der Waals surface area contributed by atoms with Crippen LogP contribution in [-0.2, 0) is 9.53 Å². The summed E-state index contributed by atoms with van der Waals surface area (Å²) in [6.45, 7) is 1.12. The van der Waals surface area contributed by atoms with E-state index in [-0.39, 0.29) is 23.3 Å². The molecule has 0 bridgehead atoms. The second kappa shape index (κ2) is 4.90. The van der Waals surface area contributed by atoms with Crippen LogP contribution in [0.15, 0.2) is 18.2 Å². The third-order valence-electron chi connectivity index (χ3n) is 3.26. The third-order valence-corrected chi connectivity index (χ3v) is 3.26. The molecule has 0 saturated carbocycles. The number of carbonyl (C=O) groups is 1. The standard InChI is InChI=1S/C13H13F2NO4/c14-13(15)19-10-2-1-9(7-11(10)20-13)16-12(17)8-3-5-18-6-4-8/h1-2,7-8H,3-6H2,(H,16,17). The van der Waals surface area contributed by atoms with E-state index in [4.69, 9.17) is 4.74 Å². The zero-order chi connectivity index (χ0) is 14.2. The Balaban J connectivity index is 1.68. The highest BCUT2D eigenvalue weighted by Gasteiger charge is 2.43. The Labute approximate surface area is 113 Å². The Bertz CT molecular complexity index is 529. The van der Waals surface area contributed by atoms with Crippen LogP contribution >= 0.6 is 0 Å². The maximum absolute atomic E-state index is 12.9. The lowest BCUT2D eigenvalue weighted by Gasteiger charge is -2.21. The highest BCUT2D eigenvalue weighted by molar-refractivity contribution is 5.93. The van der Waals surface area contributed by atoms with E-state index in [1.54, 1.807) is 0 Å². The molecule has 0 atom stereocenters. The van der Waals surface area contributed by atoms with E-state index in [1.807, 2.05) is 0 Å². The highest BCUT2D eigenvalue weighted by atomic mass is 19.3. The number of ether oxygens (including phenoxy) is 3. The van der Waals surface area contributed by atoms with Crippen molar-refractivity contribution in [1.29, 1.82) is 0 Å². The first-order valence-electron chi connectivity index (χ1n) is 6.32. The van der Waals surface area contributed by atoms with Gasteiger partial charge in [-0.15, -0.1) is 8.78 Å². The fraction of sp³-hybridized carbons (Fsp3) is 0.462. The van der Waals surface area contributed by atoms with Crippen molar-refractivity contribution in [2.75, 3.05) is 18.5 Å². The van der Waals surface area contributed by atoms with Crippen molar-refractivity contribution in [3.05, 3.63) is 18.2 Å². The molecule has 0 unspecified atom stereocenters. The monoisotopic (exact) mass is 285 g/mol. The van der Waals surface area contributed by atoms with Crippen molar-refractivity contribution in [2.24, 2.45) is 5.92 Å². The molecule has 20 heavy (non-hydrogen) atoms. The summed E-state index contributed by atoms with van der Waals surface area (Å²) in [4.78, 5) is 12.0. The number of halogens is 2. The van der Waals surface area contributed by atoms with E-state index in [2.05, 4.69) is 14.8 Å². The maximum atomic E-state index is 12.9. The molecule has 1 amide bonds. The topological polar surface area (TPSA) is 56.8 Å². The van der Waals surface area contributed by atoms with Gasteiger partial charge in [0, 0.05) is 30.9 Å². The Morgan fingerprint density at radius 3 is 2.65 bits per heavy atom. The number of amides is 1. The van der Waals surface area contributed by atoms with Crippen LogP contribution in [0.5, 0.6) is 11.5 Å². The summed E-state index contributed by atoms with van der Waals surface area (Å²) in [7, 11) is 0. The third kappa shape index (κ3) is 2.67. The fourth-order valence-electron chi connectivity index (χ4n) is 2.23.